The molecule has 9 heavy (non-hydrogen) atoms. The summed E-state index contributed by atoms with van der Waals surface area (Å²) in [6.07, 6.45) is 1.17. The van der Waals surface area contributed by atoms with Crippen LogP contribution in [0.5, 0.6) is 0 Å². The van der Waals surface area contributed by atoms with Crippen molar-refractivity contribution in [2.45, 2.75) is 32.4 Å². The summed E-state index contributed by atoms with van der Waals surface area (Å²) in [6.45, 7) is 6.52. The van der Waals surface area contributed by atoms with Crippen molar-refractivity contribution >= 4 is 18.6 Å². The summed E-state index contributed by atoms with van der Waals surface area (Å²) in [5, 5.41) is 0. The van der Waals surface area contributed by atoms with E-state index in [1.807, 2.05) is 7.05 Å². The van der Waals surface area contributed by atoms with E-state index >= 15 is 0 Å². The molecule has 0 radical (unpaired) electrons. The van der Waals surface area contributed by atoms with Crippen LogP contribution in [0.25, 0.3) is 0 Å². The fourth-order valence-electron chi connectivity index (χ4n) is 0.630. The van der Waals surface area contributed by atoms with E-state index in [-0.39, 0.29) is 0 Å². The van der Waals surface area contributed by atoms with Crippen molar-refractivity contribution in [3.63, 3.8) is 0 Å². The molecule has 0 rings (SSSR count). The van der Waals surface area contributed by atoms with Crippen molar-refractivity contribution < 1.29 is 0 Å². The topological polar surface area (TPSA) is 12.0 Å². The van der Waals surface area contributed by atoms with Gasteiger partial charge in [0.2, 0.25) is 7.55 Å². The van der Waals surface area contributed by atoms with E-state index in [0.29, 0.717) is 5.54 Å². The fraction of sp³-hybridized carbons (Fsp3) is 1.00. The highest BCUT2D eigenvalue weighted by molar-refractivity contribution is 7.19. The summed E-state index contributed by atoms with van der Waals surface area (Å²) in [4.78, 5) is 3.20. The molecule has 0 saturated heterocycles. The van der Waals surface area contributed by atoms with E-state index in [1.54, 1.807) is 0 Å². The summed E-state index contributed by atoms with van der Waals surface area (Å²) in [5.41, 5.74) is 0.657. The molecular formula is C6H16ClNSi. The van der Waals surface area contributed by atoms with Crippen molar-refractivity contribution in [1.29, 1.82) is 0 Å². The van der Waals surface area contributed by atoms with Crippen LogP contribution in [-0.2, 0) is 0 Å². The first kappa shape index (κ1) is 9.47. The summed E-state index contributed by atoms with van der Waals surface area (Å²) < 4.78 is 0. The molecule has 0 fully saturated rings. The zero-order valence-electron chi connectivity index (χ0n) is 6.66. The predicted octanol–water partition coefficient (Wildman–Crippen LogP) is 2.32. The lowest BCUT2D eigenvalue weighted by Gasteiger charge is -2.24. The fourth-order valence-corrected chi connectivity index (χ4v) is 2.35. The molecule has 0 amide bonds. The molecule has 0 aliphatic rings. The van der Waals surface area contributed by atoms with Crippen LogP contribution in [0.2, 0.25) is 12.1 Å². The lowest BCUT2D eigenvalue weighted by atomic mass is 10.4. The Morgan fingerprint density at radius 1 is 1.67 bits per heavy atom. The molecule has 0 aromatic carbocycles. The number of halogens is 1. The number of hydrogen-bond acceptors (Lipinski definition) is 1. The molecule has 1 nitrogen and oxygen atoms in total. The van der Waals surface area contributed by atoms with Gasteiger partial charge in [-0.1, -0.05) is 20.3 Å². The number of rotatable bonds is 3. The Bertz CT molecular complexity index is 85.1. The van der Waals surface area contributed by atoms with Gasteiger partial charge in [-0.3, -0.25) is 0 Å². The van der Waals surface area contributed by atoms with Crippen LogP contribution in [0.3, 0.4) is 0 Å². The number of nitrogens with one attached hydrogen (secondary N) is 1. The average Bonchev–Trinajstić information content (AvgIpc) is 1.86. The van der Waals surface area contributed by atoms with E-state index < -0.39 is 7.55 Å². The molecule has 0 aliphatic carbocycles. The molecule has 0 heterocycles. The van der Waals surface area contributed by atoms with Crippen LogP contribution in [0.4, 0.5) is 0 Å². The zero-order valence-corrected chi connectivity index (χ0v) is 8.42. The molecule has 0 aromatic heterocycles. The Balaban J connectivity index is 3.80. The Morgan fingerprint density at radius 2 is 2.11 bits per heavy atom. The molecular weight excluding hydrogens is 150 g/mol. The van der Waals surface area contributed by atoms with Gasteiger partial charge < -0.3 is 4.98 Å². The van der Waals surface area contributed by atoms with Gasteiger partial charge >= 0.3 is 0 Å². The van der Waals surface area contributed by atoms with Crippen LogP contribution in [0.1, 0.15) is 20.3 Å². The third kappa shape index (κ3) is 2.69. The maximum Gasteiger partial charge on any atom is 0.226 e. The van der Waals surface area contributed by atoms with E-state index in [9.17, 15) is 0 Å². The van der Waals surface area contributed by atoms with Crippen molar-refractivity contribution in [1.82, 2.24) is 4.98 Å². The third-order valence-electron chi connectivity index (χ3n) is 2.03. The monoisotopic (exact) mass is 165 g/mol. The number of hydrogen-bond donors (Lipinski definition) is 1. The molecule has 0 saturated carbocycles. The van der Waals surface area contributed by atoms with Crippen LogP contribution in [0, 0.1) is 0 Å². The normalized spacial score (nSPS) is 21.0. The molecule has 3 heteroatoms. The van der Waals surface area contributed by atoms with Gasteiger partial charge in [-0.2, -0.15) is 0 Å². The molecule has 2 atom stereocenters. The minimum Gasteiger partial charge on any atom is -0.328 e. The maximum absolute atomic E-state index is 6.20. The molecule has 0 spiro atoms. The second kappa shape index (κ2) is 3.59. The summed E-state index contributed by atoms with van der Waals surface area (Å²) in [7, 11) is 0.391. The smallest absolute Gasteiger partial charge is 0.226 e. The SMILES string of the molecule is CCC(C)[Si](C)(Cl)NC. The third-order valence-corrected chi connectivity index (χ3v) is 6.95. The predicted molar refractivity (Wildman–Crippen MR) is 46.2 cm³/mol. The van der Waals surface area contributed by atoms with E-state index in [2.05, 4.69) is 25.4 Å². The van der Waals surface area contributed by atoms with Gasteiger partial charge in [0.15, 0.2) is 0 Å². The van der Waals surface area contributed by atoms with Crippen LogP contribution in [0.15, 0.2) is 0 Å². The molecule has 0 aliphatic heterocycles. The van der Waals surface area contributed by atoms with E-state index in [1.165, 1.54) is 6.42 Å². The minimum atomic E-state index is -1.56. The van der Waals surface area contributed by atoms with Crippen molar-refractivity contribution in [3.05, 3.63) is 0 Å². The average molecular weight is 166 g/mol. The second-order valence-corrected chi connectivity index (χ2v) is 8.63. The summed E-state index contributed by atoms with van der Waals surface area (Å²) in [5.74, 6) is 0. The molecule has 56 valence electrons. The first-order chi connectivity index (χ1) is 4.04. The first-order valence-electron chi connectivity index (χ1n) is 3.42. The Hall–Kier alpha value is 0.467. The molecule has 0 aromatic rings. The Morgan fingerprint density at radius 3 is 2.22 bits per heavy atom. The van der Waals surface area contributed by atoms with E-state index in [0.717, 1.165) is 0 Å². The quantitative estimate of drug-likeness (QED) is 0.500. The van der Waals surface area contributed by atoms with Gasteiger partial charge in [-0.15, -0.1) is 11.1 Å². The van der Waals surface area contributed by atoms with Crippen LogP contribution < -0.4 is 4.98 Å². The summed E-state index contributed by atoms with van der Waals surface area (Å²) in [6, 6.07) is 0. The van der Waals surface area contributed by atoms with Gasteiger partial charge in [0, 0.05) is 0 Å². The molecule has 1 N–H and O–H groups in total. The van der Waals surface area contributed by atoms with Crippen LogP contribution >= 0.6 is 11.1 Å². The maximum atomic E-state index is 6.20. The second-order valence-electron chi connectivity index (χ2n) is 2.63. The highest BCUT2D eigenvalue weighted by Crippen LogP contribution is 2.24. The minimum absolute atomic E-state index is 0.657. The van der Waals surface area contributed by atoms with Gasteiger partial charge in [0.25, 0.3) is 0 Å². The summed E-state index contributed by atoms with van der Waals surface area (Å²) >= 11 is 6.20. The highest BCUT2D eigenvalue weighted by Gasteiger charge is 2.28. The Labute approximate surface area is 63.6 Å². The Kier molecular flexibility index (Phi) is 3.78. The van der Waals surface area contributed by atoms with Gasteiger partial charge in [-0.25, -0.2) is 0 Å². The van der Waals surface area contributed by atoms with E-state index in [4.69, 9.17) is 11.1 Å². The standard InChI is InChI=1S/C6H16ClNSi/c1-5-6(2)9(4,7)8-3/h6,8H,5H2,1-4H3. The van der Waals surface area contributed by atoms with Gasteiger partial charge in [0.05, 0.1) is 0 Å². The first-order valence-corrected chi connectivity index (χ1v) is 7.01. The van der Waals surface area contributed by atoms with Gasteiger partial charge in [-0.05, 0) is 19.1 Å². The van der Waals surface area contributed by atoms with Crippen LogP contribution in [-0.4, -0.2) is 14.6 Å². The highest BCUT2D eigenvalue weighted by atomic mass is 35.6. The van der Waals surface area contributed by atoms with Crippen molar-refractivity contribution in [2.75, 3.05) is 7.05 Å². The van der Waals surface area contributed by atoms with Gasteiger partial charge in [0.1, 0.15) is 0 Å². The zero-order chi connectivity index (χ0) is 7.49. The van der Waals surface area contributed by atoms with Crippen molar-refractivity contribution in [2.24, 2.45) is 0 Å². The molecule has 0 bridgehead atoms. The molecule has 2 unspecified atom stereocenters. The largest absolute Gasteiger partial charge is 0.328 e. The van der Waals surface area contributed by atoms with Crippen molar-refractivity contribution in [3.8, 4) is 0 Å². The lowest BCUT2D eigenvalue weighted by Crippen LogP contribution is -2.43. The lowest BCUT2D eigenvalue weighted by molar-refractivity contribution is 0.830.